The van der Waals surface area contributed by atoms with Gasteiger partial charge in [0, 0.05) is 6.26 Å². The zero-order chi connectivity index (χ0) is 13.6. The first-order valence-corrected chi connectivity index (χ1v) is 7.63. The monoisotopic (exact) mass is 273 g/mol. The molecule has 6 heteroatoms. The Morgan fingerprint density at radius 3 is 2.39 bits per heavy atom. The second-order valence-electron chi connectivity index (χ2n) is 3.99. The SMILES string of the molecule is CCNC(CO)COc1ccc(S(C)(=O)=O)cc1. The minimum Gasteiger partial charge on any atom is -0.492 e. The van der Waals surface area contributed by atoms with Gasteiger partial charge >= 0.3 is 0 Å². The molecule has 2 N–H and O–H groups in total. The van der Waals surface area contributed by atoms with Gasteiger partial charge in [-0.1, -0.05) is 6.92 Å². The Hall–Kier alpha value is -1.11. The third kappa shape index (κ3) is 4.64. The van der Waals surface area contributed by atoms with Crippen molar-refractivity contribution >= 4 is 9.84 Å². The maximum Gasteiger partial charge on any atom is 0.175 e. The predicted octanol–water partition coefficient (Wildman–Crippen LogP) is 0.439. The van der Waals surface area contributed by atoms with Crippen LogP contribution in [0.25, 0.3) is 0 Å². The Balaban J connectivity index is 2.59. The van der Waals surface area contributed by atoms with E-state index in [2.05, 4.69) is 5.32 Å². The highest BCUT2D eigenvalue weighted by Gasteiger charge is 2.08. The summed E-state index contributed by atoms with van der Waals surface area (Å²) in [5.41, 5.74) is 0. The molecule has 18 heavy (non-hydrogen) atoms. The fourth-order valence-corrected chi connectivity index (χ4v) is 2.08. The summed E-state index contributed by atoms with van der Waals surface area (Å²) in [6.07, 6.45) is 1.16. The number of aliphatic hydroxyl groups excluding tert-OH is 1. The molecule has 0 aliphatic carbocycles. The molecule has 0 aliphatic heterocycles. The van der Waals surface area contributed by atoms with E-state index in [1.807, 2.05) is 6.92 Å². The molecule has 1 atom stereocenters. The number of sulfone groups is 1. The summed E-state index contributed by atoms with van der Waals surface area (Å²) >= 11 is 0. The van der Waals surface area contributed by atoms with E-state index in [4.69, 9.17) is 9.84 Å². The van der Waals surface area contributed by atoms with E-state index in [1.165, 1.54) is 12.1 Å². The second-order valence-corrected chi connectivity index (χ2v) is 6.01. The van der Waals surface area contributed by atoms with Crippen molar-refractivity contribution in [3.05, 3.63) is 24.3 Å². The average Bonchev–Trinajstić information content (AvgIpc) is 2.34. The van der Waals surface area contributed by atoms with Gasteiger partial charge in [-0.2, -0.15) is 0 Å². The highest BCUT2D eigenvalue weighted by Crippen LogP contribution is 2.15. The predicted molar refractivity (Wildman–Crippen MR) is 69.6 cm³/mol. The van der Waals surface area contributed by atoms with Crippen LogP contribution in [0.5, 0.6) is 5.75 Å². The maximum atomic E-state index is 11.3. The van der Waals surface area contributed by atoms with Gasteiger partial charge in [0.15, 0.2) is 9.84 Å². The minimum atomic E-state index is -3.17. The first-order valence-electron chi connectivity index (χ1n) is 5.74. The molecule has 0 bridgehead atoms. The summed E-state index contributed by atoms with van der Waals surface area (Å²) in [5, 5.41) is 12.1. The van der Waals surface area contributed by atoms with Crippen molar-refractivity contribution in [2.75, 3.05) is 26.0 Å². The number of aliphatic hydroxyl groups is 1. The molecule has 0 saturated heterocycles. The van der Waals surface area contributed by atoms with E-state index >= 15 is 0 Å². The van der Waals surface area contributed by atoms with Gasteiger partial charge < -0.3 is 15.2 Å². The van der Waals surface area contributed by atoms with E-state index in [1.54, 1.807) is 12.1 Å². The van der Waals surface area contributed by atoms with E-state index < -0.39 is 9.84 Å². The van der Waals surface area contributed by atoms with Gasteiger partial charge in [0.1, 0.15) is 12.4 Å². The molecular weight excluding hydrogens is 254 g/mol. The summed E-state index contributed by atoms with van der Waals surface area (Å²) in [4.78, 5) is 0.264. The molecule has 1 aromatic rings. The fraction of sp³-hybridized carbons (Fsp3) is 0.500. The van der Waals surface area contributed by atoms with Crippen LogP contribution >= 0.6 is 0 Å². The Bertz CT molecular complexity index is 455. The van der Waals surface area contributed by atoms with Crippen molar-refractivity contribution in [2.45, 2.75) is 17.9 Å². The molecule has 0 saturated carbocycles. The van der Waals surface area contributed by atoms with Gasteiger partial charge in [-0.15, -0.1) is 0 Å². The number of hydrogen-bond donors (Lipinski definition) is 2. The van der Waals surface area contributed by atoms with Crippen LogP contribution in [0.3, 0.4) is 0 Å². The smallest absolute Gasteiger partial charge is 0.175 e. The molecule has 5 nitrogen and oxygen atoms in total. The van der Waals surface area contributed by atoms with Crippen molar-refractivity contribution in [3.8, 4) is 5.75 Å². The van der Waals surface area contributed by atoms with Crippen LogP contribution in [0.2, 0.25) is 0 Å². The van der Waals surface area contributed by atoms with Crippen molar-refractivity contribution in [1.29, 1.82) is 0 Å². The molecule has 0 heterocycles. The molecular formula is C12H19NO4S. The Kier molecular flexibility index (Phi) is 5.58. The molecule has 0 amide bonds. The highest BCUT2D eigenvalue weighted by atomic mass is 32.2. The van der Waals surface area contributed by atoms with Crippen molar-refractivity contribution < 1.29 is 18.3 Å². The molecule has 1 unspecified atom stereocenters. The molecule has 0 spiro atoms. The van der Waals surface area contributed by atoms with Crippen molar-refractivity contribution in [1.82, 2.24) is 5.32 Å². The molecule has 1 aromatic carbocycles. The van der Waals surface area contributed by atoms with Gasteiger partial charge in [-0.3, -0.25) is 0 Å². The van der Waals surface area contributed by atoms with Crippen LogP contribution in [0, 0.1) is 0 Å². The van der Waals surface area contributed by atoms with Crippen molar-refractivity contribution in [3.63, 3.8) is 0 Å². The molecule has 0 aromatic heterocycles. The molecule has 102 valence electrons. The van der Waals surface area contributed by atoms with Gasteiger partial charge in [-0.25, -0.2) is 8.42 Å². The second kappa shape index (κ2) is 6.72. The summed E-state index contributed by atoms with van der Waals surface area (Å²) in [6.45, 7) is 3.03. The third-order valence-electron chi connectivity index (χ3n) is 2.42. The first kappa shape index (κ1) is 14.9. The lowest BCUT2D eigenvalue weighted by Crippen LogP contribution is -2.37. The normalized spacial score (nSPS) is 13.3. The number of ether oxygens (including phenoxy) is 1. The lowest BCUT2D eigenvalue weighted by Gasteiger charge is -2.15. The van der Waals surface area contributed by atoms with Gasteiger partial charge in [0.05, 0.1) is 17.5 Å². The lowest BCUT2D eigenvalue weighted by atomic mass is 10.3. The van der Waals surface area contributed by atoms with Crippen LogP contribution in [0.15, 0.2) is 29.2 Å². The Labute approximate surface area is 108 Å². The van der Waals surface area contributed by atoms with E-state index in [0.29, 0.717) is 12.4 Å². The third-order valence-corrected chi connectivity index (χ3v) is 3.54. The fourth-order valence-electron chi connectivity index (χ4n) is 1.44. The largest absolute Gasteiger partial charge is 0.492 e. The number of hydrogen-bond acceptors (Lipinski definition) is 5. The van der Waals surface area contributed by atoms with E-state index in [9.17, 15) is 8.42 Å². The van der Waals surface area contributed by atoms with Gasteiger partial charge in [0.2, 0.25) is 0 Å². The average molecular weight is 273 g/mol. The highest BCUT2D eigenvalue weighted by molar-refractivity contribution is 7.90. The molecule has 0 radical (unpaired) electrons. The van der Waals surface area contributed by atoms with E-state index in [0.717, 1.165) is 12.8 Å². The van der Waals surface area contributed by atoms with Crippen LogP contribution in [-0.4, -0.2) is 45.6 Å². The van der Waals surface area contributed by atoms with Crippen LogP contribution in [-0.2, 0) is 9.84 Å². The summed E-state index contributed by atoms with van der Waals surface area (Å²) in [7, 11) is -3.17. The van der Waals surface area contributed by atoms with Crippen LogP contribution < -0.4 is 10.1 Å². The first-order chi connectivity index (χ1) is 8.47. The number of rotatable bonds is 7. The van der Waals surface area contributed by atoms with Crippen LogP contribution in [0.4, 0.5) is 0 Å². The standard InChI is InChI=1S/C12H19NO4S/c1-3-13-10(8-14)9-17-11-4-6-12(7-5-11)18(2,15)16/h4-7,10,13-14H,3,8-9H2,1-2H3. The zero-order valence-electron chi connectivity index (χ0n) is 10.6. The van der Waals surface area contributed by atoms with E-state index in [-0.39, 0.29) is 17.5 Å². The Morgan fingerprint density at radius 1 is 1.33 bits per heavy atom. The van der Waals surface area contributed by atoms with Crippen LogP contribution in [0.1, 0.15) is 6.92 Å². The summed E-state index contributed by atoms with van der Waals surface area (Å²) in [6, 6.07) is 6.11. The lowest BCUT2D eigenvalue weighted by molar-refractivity contribution is 0.184. The molecule has 1 rings (SSSR count). The quantitative estimate of drug-likeness (QED) is 0.754. The minimum absolute atomic E-state index is 0.00470. The summed E-state index contributed by atoms with van der Waals surface area (Å²) < 4.78 is 28.0. The topological polar surface area (TPSA) is 75.6 Å². The molecule has 0 fully saturated rings. The van der Waals surface area contributed by atoms with Gasteiger partial charge in [0.25, 0.3) is 0 Å². The number of benzene rings is 1. The zero-order valence-corrected chi connectivity index (χ0v) is 11.4. The van der Waals surface area contributed by atoms with Crippen molar-refractivity contribution in [2.24, 2.45) is 0 Å². The summed E-state index contributed by atoms with van der Waals surface area (Å²) in [5.74, 6) is 0.582. The number of likely N-dealkylation sites (N-methyl/N-ethyl adjacent to an activating group) is 1. The number of nitrogens with one attached hydrogen (secondary N) is 1. The Morgan fingerprint density at radius 2 is 1.94 bits per heavy atom. The van der Waals surface area contributed by atoms with Gasteiger partial charge in [-0.05, 0) is 30.8 Å². The molecule has 0 aliphatic rings. The maximum absolute atomic E-state index is 11.3.